The molecule has 31 heavy (non-hydrogen) atoms. The van der Waals surface area contributed by atoms with Crippen molar-refractivity contribution < 1.29 is 18.4 Å². The third-order valence-corrected chi connectivity index (χ3v) is 5.53. The number of piperidine rings is 1. The van der Waals surface area contributed by atoms with E-state index >= 15 is 0 Å². The van der Waals surface area contributed by atoms with Gasteiger partial charge in [-0.05, 0) is 62.1 Å². The summed E-state index contributed by atoms with van der Waals surface area (Å²) in [5, 5.41) is 5.75. The molecule has 166 valence electrons. The van der Waals surface area contributed by atoms with Gasteiger partial charge in [0.25, 0.3) is 0 Å². The summed E-state index contributed by atoms with van der Waals surface area (Å²) >= 11 is 0. The quantitative estimate of drug-likeness (QED) is 0.751. The van der Waals surface area contributed by atoms with E-state index in [1.54, 1.807) is 36.1 Å². The Morgan fingerprint density at radius 2 is 1.90 bits per heavy atom. The van der Waals surface area contributed by atoms with Crippen LogP contribution in [0, 0.1) is 24.5 Å². The number of carbonyl (C=O) groups excluding carboxylic acids is 2. The van der Waals surface area contributed by atoms with Crippen molar-refractivity contribution in [3.05, 3.63) is 70.8 Å². The van der Waals surface area contributed by atoms with Gasteiger partial charge in [0, 0.05) is 31.6 Å². The van der Waals surface area contributed by atoms with Gasteiger partial charge in [-0.2, -0.15) is 0 Å². The van der Waals surface area contributed by atoms with Gasteiger partial charge < -0.3 is 15.5 Å². The van der Waals surface area contributed by atoms with Crippen molar-refractivity contribution in [2.75, 3.05) is 13.1 Å². The number of benzene rings is 2. The molecule has 1 heterocycles. The molecule has 0 aliphatic carbocycles. The molecule has 2 atom stereocenters. The predicted molar refractivity (Wildman–Crippen MR) is 115 cm³/mol. The largest absolute Gasteiger partial charge is 0.352 e. The number of aryl methyl sites for hydroxylation is 1. The van der Waals surface area contributed by atoms with Gasteiger partial charge in [-0.1, -0.05) is 24.3 Å². The van der Waals surface area contributed by atoms with Gasteiger partial charge in [-0.15, -0.1) is 0 Å². The maximum absolute atomic E-state index is 13.7. The zero-order valence-corrected chi connectivity index (χ0v) is 18.1. The van der Waals surface area contributed by atoms with E-state index in [0.717, 1.165) is 5.56 Å². The third kappa shape index (κ3) is 6.03. The van der Waals surface area contributed by atoms with Crippen LogP contribution in [0.5, 0.6) is 0 Å². The Hall–Kier alpha value is -2.96. The van der Waals surface area contributed by atoms with Gasteiger partial charge in [0.1, 0.15) is 11.6 Å². The Kier molecular flexibility index (Phi) is 7.25. The van der Waals surface area contributed by atoms with Crippen LogP contribution in [-0.4, -0.2) is 36.0 Å². The van der Waals surface area contributed by atoms with E-state index in [9.17, 15) is 18.4 Å². The number of rotatable bonds is 5. The van der Waals surface area contributed by atoms with Crippen molar-refractivity contribution in [3.8, 4) is 0 Å². The molecule has 2 aromatic rings. The number of likely N-dealkylation sites (tertiary alicyclic amines) is 1. The fourth-order valence-electron chi connectivity index (χ4n) is 3.94. The molecule has 7 heteroatoms. The van der Waals surface area contributed by atoms with Crippen LogP contribution in [0.2, 0.25) is 0 Å². The van der Waals surface area contributed by atoms with E-state index in [4.69, 9.17) is 0 Å². The highest BCUT2D eigenvalue weighted by atomic mass is 19.1. The Bertz CT molecular complexity index is 948. The number of hydrogen-bond donors (Lipinski definition) is 2. The summed E-state index contributed by atoms with van der Waals surface area (Å²) in [5.74, 6) is -1.33. The molecule has 0 radical (unpaired) electrons. The number of halogens is 2. The summed E-state index contributed by atoms with van der Waals surface area (Å²) in [7, 11) is 0. The number of hydrogen-bond acceptors (Lipinski definition) is 2. The van der Waals surface area contributed by atoms with Gasteiger partial charge in [-0.3, -0.25) is 4.79 Å². The molecule has 0 unspecified atom stereocenters. The smallest absolute Gasteiger partial charge is 0.317 e. The minimum atomic E-state index is -0.421. The van der Waals surface area contributed by atoms with Gasteiger partial charge in [0.05, 0.1) is 5.92 Å². The predicted octanol–water partition coefficient (Wildman–Crippen LogP) is 4.11. The standard InChI is InChI=1S/C24H29F2N3O2/c1-15(2)28-24(31)29-13-19(18-7-8-22(26)16(3)9-18)11-20(14-29)23(30)27-12-17-5-4-6-21(25)10-17/h4-10,15,19-20H,11-14H2,1-3H3,(H,27,30)(H,28,31)/t19-,20+/m1/s1. The maximum Gasteiger partial charge on any atom is 0.317 e. The average Bonchev–Trinajstić information content (AvgIpc) is 2.73. The molecule has 2 aromatic carbocycles. The first kappa shape index (κ1) is 22.7. The molecule has 5 nitrogen and oxygen atoms in total. The lowest BCUT2D eigenvalue weighted by Crippen LogP contribution is -2.52. The molecular formula is C24H29F2N3O2. The molecular weight excluding hydrogens is 400 g/mol. The maximum atomic E-state index is 13.7. The number of nitrogens with zero attached hydrogens (tertiary/aromatic N) is 1. The molecule has 0 aromatic heterocycles. The van der Waals surface area contributed by atoms with Crippen LogP contribution in [0.15, 0.2) is 42.5 Å². The summed E-state index contributed by atoms with van der Waals surface area (Å²) in [6, 6.07) is 10.8. The lowest BCUT2D eigenvalue weighted by molar-refractivity contribution is -0.126. The van der Waals surface area contributed by atoms with Crippen molar-refractivity contribution in [2.24, 2.45) is 5.92 Å². The minimum Gasteiger partial charge on any atom is -0.352 e. The summed E-state index contributed by atoms with van der Waals surface area (Å²) in [6.45, 7) is 6.43. The van der Waals surface area contributed by atoms with E-state index in [0.29, 0.717) is 30.6 Å². The van der Waals surface area contributed by atoms with Crippen LogP contribution in [0.25, 0.3) is 0 Å². The second kappa shape index (κ2) is 9.90. The number of amides is 3. The van der Waals surface area contributed by atoms with E-state index in [-0.39, 0.29) is 42.1 Å². The van der Waals surface area contributed by atoms with Crippen molar-refractivity contribution in [1.29, 1.82) is 0 Å². The fraction of sp³-hybridized carbons (Fsp3) is 0.417. The zero-order chi connectivity index (χ0) is 22.5. The summed E-state index contributed by atoms with van der Waals surface area (Å²) in [6.07, 6.45) is 0.547. The fourth-order valence-corrected chi connectivity index (χ4v) is 3.94. The van der Waals surface area contributed by atoms with Crippen LogP contribution < -0.4 is 10.6 Å². The SMILES string of the molecule is Cc1cc([C@@H]2C[C@H](C(=O)NCc3cccc(F)c3)CN(C(=O)NC(C)C)C2)ccc1F. The number of carbonyl (C=O) groups is 2. The summed E-state index contributed by atoms with van der Waals surface area (Å²) in [4.78, 5) is 27.2. The van der Waals surface area contributed by atoms with E-state index in [1.807, 2.05) is 13.8 Å². The van der Waals surface area contributed by atoms with Crippen molar-refractivity contribution >= 4 is 11.9 Å². The Labute approximate surface area is 181 Å². The van der Waals surface area contributed by atoms with E-state index in [1.165, 1.54) is 18.2 Å². The van der Waals surface area contributed by atoms with E-state index < -0.39 is 5.92 Å². The molecule has 3 rings (SSSR count). The second-order valence-corrected chi connectivity index (χ2v) is 8.50. The zero-order valence-electron chi connectivity index (χ0n) is 18.1. The summed E-state index contributed by atoms with van der Waals surface area (Å²) < 4.78 is 27.1. The first-order valence-electron chi connectivity index (χ1n) is 10.6. The minimum absolute atomic E-state index is 0.0267. The van der Waals surface area contributed by atoms with Crippen molar-refractivity contribution in [1.82, 2.24) is 15.5 Å². The first-order valence-corrected chi connectivity index (χ1v) is 10.6. The van der Waals surface area contributed by atoms with Crippen LogP contribution in [0.4, 0.5) is 13.6 Å². The molecule has 3 amide bonds. The average molecular weight is 430 g/mol. The topological polar surface area (TPSA) is 61.4 Å². The normalized spacial score (nSPS) is 18.7. The van der Waals surface area contributed by atoms with Gasteiger partial charge in [-0.25, -0.2) is 13.6 Å². The van der Waals surface area contributed by atoms with E-state index in [2.05, 4.69) is 10.6 Å². The molecule has 1 saturated heterocycles. The monoisotopic (exact) mass is 429 g/mol. The highest BCUT2D eigenvalue weighted by molar-refractivity contribution is 5.81. The Morgan fingerprint density at radius 3 is 2.58 bits per heavy atom. The van der Waals surface area contributed by atoms with Crippen LogP contribution in [0.1, 0.15) is 42.9 Å². The van der Waals surface area contributed by atoms with Crippen LogP contribution in [0.3, 0.4) is 0 Å². The van der Waals surface area contributed by atoms with Crippen molar-refractivity contribution in [3.63, 3.8) is 0 Å². The molecule has 2 N–H and O–H groups in total. The van der Waals surface area contributed by atoms with Gasteiger partial charge in [0.15, 0.2) is 0 Å². The number of urea groups is 1. The summed E-state index contributed by atoms with van der Waals surface area (Å²) in [5.41, 5.74) is 2.11. The van der Waals surface area contributed by atoms with Crippen LogP contribution in [-0.2, 0) is 11.3 Å². The molecule has 1 fully saturated rings. The van der Waals surface area contributed by atoms with Gasteiger partial charge >= 0.3 is 6.03 Å². The molecule has 0 saturated carbocycles. The second-order valence-electron chi connectivity index (χ2n) is 8.50. The molecule has 1 aliphatic rings. The third-order valence-electron chi connectivity index (χ3n) is 5.53. The first-order chi connectivity index (χ1) is 14.7. The highest BCUT2D eigenvalue weighted by Crippen LogP contribution is 2.31. The lowest BCUT2D eigenvalue weighted by atomic mass is 9.83. The van der Waals surface area contributed by atoms with Crippen molar-refractivity contribution in [2.45, 2.75) is 45.7 Å². The molecule has 0 bridgehead atoms. The Morgan fingerprint density at radius 1 is 1.13 bits per heavy atom. The lowest BCUT2D eigenvalue weighted by Gasteiger charge is -2.38. The Balaban J connectivity index is 1.76. The highest BCUT2D eigenvalue weighted by Gasteiger charge is 2.34. The molecule has 0 spiro atoms. The number of nitrogens with one attached hydrogen (secondary N) is 2. The van der Waals surface area contributed by atoms with Gasteiger partial charge in [0.2, 0.25) is 5.91 Å². The van der Waals surface area contributed by atoms with Crippen LogP contribution >= 0.6 is 0 Å². The molecule has 1 aliphatic heterocycles.